The number of amides is 2. The molecule has 1 aromatic rings. The number of halogens is 1. The van der Waals surface area contributed by atoms with Crippen LogP contribution in [-0.4, -0.2) is 36.9 Å². The van der Waals surface area contributed by atoms with Crippen molar-refractivity contribution in [3.8, 4) is 0 Å². The quantitative estimate of drug-likeness (QED) is 0.827. The predicted molar refractivity (Wildman–Crippen MR) is 85.1 cm³/mol. The minimum Gasteiger partial charge on any atom is -0.347 e. The Hall–Kier alpha value is -1.63. The maximum Gasteiger partial charge on any atom is 0.313 e. The molecule has 1 heterocycles. The maximum absolute atomic E-state index is 11.8. The zero-order valence-corrected chi connectivity index (χ0v) is 13.4. The molecule has 23 heavy (non-hydrogen) atoms. The summed E-state index contributed by atoms with van der Waals surface area (Å²) in [4.78, 5) is 23.7. The Morgan fingerprint density at radius 1 is 1.17 bits per heavy atom. The number of carbonyl (C=O) groups is 2. The van der Waals surface area contributed by atoms with Crippen LogP contribution >= 0.6 is 11.6 Å². The Balaban J connectivity index is 1.44. The summed E-state index contributed by atoms with van der Waals surface area (Å²) in [6, 6.07) is 6.54. The number of ether oxygens (including phenoxy) is 2. The van der Waals surface area contributed by atoms with E-state index < -0.39 is 17.6 Å². The topological polar surface area (TPSA) is 76.7 Å². The Labute approximate surface area is 139 Å². The van der Waals surface area contributed by atoms with Gasteiger partial charge in [0.2, 0.25) is 0 Å². The molecule has 0 aromatic heterocycles. The van der Waals surface area contributed by atoms with Crippen LogP contribution in [0, 0.1) is 0 Å². The second kappa shape index (κ2) is 6.86. The van der Waals surface area contributed by atoms with Crippen LogP contribution in [0.3, 0.4) is 0 Å². The molecule has 1 atom stereocenters. The number of anilines is 1. The first-order chi connectivity index (χ1) is 11.1. The molecular weight excluding hydrogens is 320 g/mol. The molecule has 0 bridgehead atoms. The van der Waals surface area contributed by atoms with Crippen LogP contribution < -0.4 is 10.6 Å². The lowest BCUT2D eigenvalue weighted by Crippen LogP contribution is -2.40. The van der Waals surface area contributed by atoms with E-state index in [9.17, 15) is 9.59 Å². The van der Waals surface area contributed by atoms with E-state index in [1.807, 2.05) is 0 Å². The smallest absolute Gasteiger partial charge is 0.313 e. The standard InChI is InChI=1S/C16H19ClN2O4/c17-11-3-5-12(6-4-11)19-15(21)14(20)18-9-13-10-22-16(23-13)7-1-2-8-16/h3-6,13H,1-2,7-10H2,(H,18,20)(H,19,21)/t13-/m0/s1. The van der Waals surface area contributed by atoms with Crippen molar-refractivity contribution in [2.45, 2.75) is 37.6 Å². The number of carbonyl (C=O) groups excluding carboxylic acids is 2. The summed E-state index contributed by atoms with van der Waals surface area (Å²) in [5.74, 6) is -1.88. The van der Waals surface area contributed by atoms with Crippen molar-refractivity contribution in [3.63, 3.8) is 0 Å². The molecule has 1 spiro atoms. The zero-order chi connectivity index (χ0) is 16.3. The third-order valence-corrected chi connectivity index (χ3v) is 4.33. The molecule has 1 saturated carbocycles. The highest BCUT2D eigenvalue weighted by Crippen LogP contribution is 2.38. The Bertz CT molecular complexity index is 584. The highest BCUT2D eigenvalue weighted by Gasteiger charge is 2.43. The number of benzene rings is 1. The van der Waals surface area contributed by atoms with Gasteiger partial charge in [-0.2, -0.15) is 0 Å². The monoisotopic (exact) mass is 338 g/mol. The number of nitrogens with one attached hydrogen (secondary N) is 2. The van der Waals surface area contributed by atoms with E-state index in [0.29, 0.717) is 17.3 Å². The second-order valence-corrected chi connectivity index (χ2v) is 6.28. The van der Waals surface area contributed by atoms with Crippen LogP contribution in [0.15, 0.2) is 24.3 Å². The highest BCUT2D eigenvalue weighted by atomic mass is 35.5. The van der Waals surface area contributed by atoms with E-state index in [4.69, 9.17) is 21.1 Å². The molecule has 2 N–H and O–H groups in total. The summed E-state index contributed by atoms with van der Waals surface area (Å²) in [7, 11) is 0. The molecule has 7 heteroatoms. The number of hydrogen-bond acceptors (Lipinski definition) is 4. The molecule has 1 aliphatic heterocycles. The average molecular weight is 339 g/mol. The molecule has 2 amide bonds. The fourth-order valence-electron chi connectivity index (χ4n) is 2.90. The van der Waals surface area contributed by atoms with Crippen molar-refractivity contribution >= 4 is 29.1 Å². The second-order valence-electron chi connectivity index (χ2n) is 5.84. The minimum atomic E-state index is -0.721. The molecule has 6 nitrogen and oxygen atoms in total. The van der Waals surface area contributed by atoms with E-state index in [1.165, 1.54) is 0 Å². The fourth-order valence-corrected chi connectivity index (χ4v) is 3.03. The Kier molecular flexibility index (Phi) is 4.84. The third kappa shape index (κ3) is 4.02. The first-order valence-corrected chi connectivity index (χ1v) is 8.11. The maximum atomic E-state index is 11.8. The first-order valence-electron chi connectivity index (χ1n) is 7.73. The van der Waals surface area contributed by atoms with Crippen LogP contribution in [-0.2, 0) is 19.1 Å². The minimum absolute atomic E-state index is 0.208. The van der Waals surface area contributed by atoms with E-state index in [2.05, 4.69) is 10.6 Å². The molecule has 3 rings (SSSR count). The van der Waals surface area contributed by atoms with Crippen molar-refractivity contribution in [1.82, 2.24) is 5.32 Å². The van der Waals surface area contributed by atoms with E-state index in [0.717, 1.165) is 25.7 Å². The average Bonchev–Trinajstić information content (AvgIpc) is 3.17. The lowest BCUT2D eigenvalue weighted by molar-refractivity contribution is -0.161. The summed E-state index contributed by atoms with van der Waals surface area (Å²) in [6.45, 7) is 0.702. The van der Waals surface area contributed by atoms with Crippen LogP contribution in [0.25, 0.3) is 0 Å². The van der Waals surface area contributed by atoms with Gasteiger partial charge in [-0.25, -0.2) is 0 Å². The summed E-state index contributed by atoms with van der Waals surface area (Å²) < 4.78 is 11.6. The molecule has 2 fully saturated rings. The zero-order valence-electron chi connectivity index (χ0n) is 12.6. The summed E-state index contributed by atoms with van der Waals surface area (Å²) in [5.41, 5.74) is 0.514. The van der Waals surface area contributed by atoms with Gasteiger partial charge in [0.25, 0.3) is 0 Å². The van der Waals surface area contributed by atoms with Crippen molar-refractivity contribution in [2.24, 2.45) is 0 Å². The Morgan fingerprint density at radius 2 is 1.87 bits per heavy atom. The molecule has 124 valence electrons. The van der Waals surface area contributed by atoms with Crippen molar-refractivity contribution in [3.05, 3.63) is 29.3 Å². The lowest BCUT2D eigenvalue weighted by Gasteiger charge is -2.21. The summed E-state index contributed by atoms with van der Waals surface area (Å²) in [6.07, 6.45) is 3.79. The van der Waals surface area contributed by atoms with Gasteiger partial charge in [0.15, 0.2) is 5.79 Å². The SMILES string of the molecule is O=C(NC[C@H]1COC2(CCCC2)O1)C(=O)Nc1ccc(Cl)cc1. The lowest BCUT2D eigenvalue weighted by atomic mass is 10.2. The van der Waals surface area contributed by atoms with Gasteiger partial charge < -0.3 is 20.1 Å². The summed E-state index contributed by atoms with van der Waals surface area (Å²) in [5, 5.41) is 5.65. The van der Waals surface area contributed by atoms with Crippen LogP contribution in [0.4, 0.5) is 5.69 Å². The van der Waals surface area contributed by atoms with Crippen molar-refractivity contribution < 1.29 is 19.1 Å². The molecular formula is C16H19ClN2O4. The fraction of sp³-hybridized carbons (Fsp3) is 0.500. The number of rotatable bonds is 3. The molecule has 2 aliphatic rings. The van der Waals surface area contributed by atoms with E-state index in [1.54, 1.807) is 24.3 Å². The molecule has 1 aromatic carbocycles. The van der Waals surface area contributed by atoms with Gasteiger partial charge in [0.1, 0.15) is 6.10 Å². The van der Waals surface area contributed by atoms with Gasteiger partial charge >= 0.3 is 11.8 Å². The number of hydrogen-bond donors (Lipinski definition) is 2. The van der Waals surface area contributed by atoms with E-state index >= 15 is 0 Å². The van der Waals surface area contributed by atoms with Crippen LogP contribution in [0.2, 0.25) is 5.02 Å². The van der Waals surface area contributed by atoms with Crippen LogP contribution in [0.5, 0.6) is 0 Å². The predicted octanol–water partition coefficient (Wildman–Crippen LogP) is 2.08. The summed E-state index contributed by atoms with van der Waals surface area (Å²) >= 11 is 5.77. The van der Waals surface area contributed by atoms with Gasteiger partial charge in [0, 0.05) is 30.1 Å². The van der Waals surface area contributed by atoms with E-state index in [-0.39, 0.29) is 12.6 Å². The molecule has 1 saturated heterocycles. The van der Waals surface area contributed by atoms with Gasteiger partial charge in [-0.1, -0.05) is 11.6 Å². The van der Waals surface area contributed by atoms with Gasteiger partial charge in [-0.15, -0.1) is 0 Å². The van der Waals surface area contributed by atoms with Crippen LogP contribution in [0.1, 0.15) is 25.7 Å². The first kappa shape index (κ1) is 16.2. The molecule has 0 radical (unpaired) electrons. The Morgan fingerprint density at radius 3 is 2.57 bits per heavy atom. The van der Waals surface area contributed by atoms with Gasteiger partial charge in [0.05, 0.1) is 6.61 Å². The van der Waals surface area contributed by atoms with Crippen molar-refractivity contribution in [2.75, 3.05) is 18.5 Å². The molecule has 0 unspecified atom stereocenters. The highest BCUT2D eigenvalue weighted by molar-refractivity contribution is 6.39. The third-order valence-electron chi connectivity index (χ3n) is 4.08. The normalized spacial score (nSPS) is 22.2. The molecule has 1 aliphatic carbocycles. The largest absolute Gasteiger partial charge is 0.347 e. The van der Waals surface area contributed by atoms with Crippen molar-refractivity contribution in [1.29, 1.82) is 0 Å². The van der Waals surface area contributed by atoms with Gasteiger partial charge in [-0.3, -0.25) is 9.59 Å². The van der Waals surface area contributed by atoms with Gasteiger partial charge in [-0.05, 0) is 37.1 Å².